The molecule has 0 bridgehead atoms. The number of carbonyl (C=O) groups excluding carboxylic acids is 1. The zero-order valence-corrected chi connectivity index (χ0v) is 9.91. The number of benzene rings is 1. The summed E-state index contributed by atoms with van der Waals surface area (Å²) in [6.45, 7) is 0. The number of nitrogen functional groups attached to an aromatic ring is 1. The van der Waals surface area contributed by atoms with Gasteiger partial charge in [-0.25, -0.2) is 0 Å². The number of rotatable bonds is 2. The highest BCUT2D eigenvalue weighted by atomic mass is 79.9. The summed E-state index contributed by atoms with van der Waals surface area (Å²) in [6, 6.07) is 8.75. The first-order valence-electron chi connectivity index (χ1n) is 4.66. The molecule has 0 radical (unpaired) electrons. The van der Waals surface area contributed by atoms with Gasteiger partial charge >= 0.3 is 0 Å². The Bertz CT molecular complexity index is 521. The number of anilines is 2. The number of carbonyl (C=O) groups is 1. The number of amides is 1. The molecule has 0 atom stereocenters. The second-order valence-corrected chi connectivity index (χ2v) is 4.23. The molecule has 1 aromatic heterocycles. The van der Waals surface area contributed by atoms with Crippen LogP contribution in [-0.4, -0.2) is 10.9 Å². The Morgan fingerprint density at radius 1 is 1.38 bits per heavy atom. The lowest BCUT2D eigenvalue weighted by Gasteiger charge is -2.03. The normalized spacial score (nSPS) is 10.1. The lowest BCUT2D eigenvalue weighted by Crippen LogP contribution is -2.12. The molecule has 1 amide bonds. The summed E-state index contributed by atoms with van der Waals surface area (Å²) < 4.78 is 0.838. The molecule has 1 aromatic carbocycles. The van der Waals surface area contributed by atoms with E-state index in [1.807, 2.05) is 0 Å². The minimum absolute atomic E-state index is 0.198. The van der Waals surface area contributed by atoms with Gasteiger partial charge in [0, 0.05) is 22.0 Å². The fourth-order valence-corrected chi connectivity index (χ4v) is 1.66. The molecule has 5 heteroatoms. The summed E-state index contributed by atoms with van der Waals surface area (Å²) in [5.74, 6) is -0.198. The summed E-state index contributed by atoms with van der Waals surface area (Å²) in [5, 5.41) is 2.74. The first-order valence-corrected chi connectivity index (χ1v) is 5.45. The number of hydrogen-bond donors (Lipinski definition) is 3. The van der Waals surface area contributed by atoms with Crippen LogP contribution in [0.2, 0.25) is 0 Å². The van der Waals surface area contributed by atoms with Crippen LogP contribution in [-0.2, 0) is 0 Å². The van der Waals surface area contributed by atoms with E-state index in [9.17, 15) is 4.79 Å². The van der Waals surface area contributed by atoms with E-state index in [1.165, 1.54) is 0 Å². The van der Waals surface area contributed by atoms with Crippen molar-refractivity contribution in [1.29, 1.82) is 0 Å². The number of aromatic nitrogens is 1. The van der Waals surface area contributed by atoms with Crippen LogP contribution >= 0.6 is 15.9 Å². The van der Waals surface area contributed by atoms with Crippen molar-refractivity contribution in [2.75, 3.05) is 11.1 Å². The Hall–Kier alpha value is -1.75. The van der Waals surface area contributed by atoms with Crippen LogP contribution in [0.4, 0.5) is 11.4 Å². The average molecular weight is 280 g/mol. The third-order valence-electron chi connectivity index (χ3n) is 2.04. The molecule has 0 unspecified atom stereocenters. The van der Waals surface area contributed by atoms with Crippen LogP contribution in [0.3, 0.4) is 0 Å². The van der Waals surface area contributed by atoms with Gasteiger partial charge in [0.1, 0.15) is 5.69 Å². The molecular formula is C11H10BrN3O. The van der Waals surface area contributed by atoms with Crippen molar-refractivity contribution in [3.05, 3.63) is 46.7 Å². The van der Waals surface area contributed by atoms with Crippen LogP contribution in [0, 0.1) is 0 Å². The third-order valence-corrected chi connectivity index (χ3v) is 2.49. The summed E-state index contributed by atoms with van der Waals surface area (Å²) in [7, 11) is 0. The van der Waals surface area contributed by atoms with E-state index in [4.69, 9.17) is 5.73 Å². The molecule has 1 heterocycles. The Kier molecular flexibility index (Phi) is 2.96. The van der Waals surface area contributed by atoms with Crippen molar-refractivity contribution in [3.63, 3.8) is 0 Å². The third kappa shape index (κ3) is 2.43. The quantitative estimate of drug-likeness (QED) is 0.740. The van der Waals surface area contributed by atoms with E-state index in [-0.39, 0.29) is 5.91 Å². The summed E-state index contributed by atoms with van der Waals surface area (Å²) in [4.78, 5) is 14.6. The molecule has 0 fully saturated rings. The first kappa shape index (κ1) is 10.8. The van der Waals surface area contributed by atoms with E-state index in [2.05, 4.69) is 26.2 Å². The van der Waals surface area contributed by atoms with E-state index < -0.39 is 0 Å². The minimum atomic E-state index is -0.198. The lowest BCUT2D eigenvalue weighted by atomic mass is 10.3. The number of nitrogens with one attached hydrogen (secondary N) is 2. The Balaban J connectivity index is 2.13. The van der Waals surface area contributed by atoms with Gasteiger partial charge < -0.3 is 16.0 Å². The SMILES string of the molecule is Nc1cccc(NC(=O)c2cc(Br)c[nH]2)c1. The van der Waals surface area contributed by atoms with Gasteiger partial charge in [0.05, 0.1) is 0 Å². The van der Waals surface area contributed by atoms with Gasteiger partial charge in [0.25, 0.3) is 5.91 Å². The molecule has 0 saturated carbocycles. The van der Waals surface area contributed by atoms with E-state index in [0.29, 0.717) is 17.1 Å². The minimum Gasteiger partial charge on any atom is -0.399 e. The molecule has 4 N–H and O–H groups in total. The molecule has 0 spiro atoms. The second-order valence-electron chi connectivity index (χ2n) is 3.31. The Morgan fingerprint density at radius 2 is 2.19 bits per heavy atom. The zero-order chi connectivity index (χ0) is 11.5. The highest BCUT2D eigenvalue weighted by Gasteiger charge is 2.07. The first-order chi connectivity index (χ1) is 7.65. The molecule has 2 rings (SSSR count). The lowest BCUT2D eigenvalue weighted by molar-refractivity contribution is 0.102. The van der Waals surface area contributed by atoms with Gasteiger partial charge in [-0.2, -0.15) is 0 Å². The van der Waals surface area contributed by atoms with Gasteiger partial charge in [0.2, 0.25) is 0 Å². The monoisotopic (exact) mass is 279 g/mol. The number of nitrogens with two attached hydrogens (primary N) is 1. The largest absolute Gasteiger partial charge is 0.399 e. The molecule has 82 valence electrons. The standard InChI is InChI=1S/C11H10BrN3O/c12-7-4-10(14-6-7)11(16)15-9-3-1-2-8(13)5-9/h1-6,14H,13H2,(H,15,16). The zero-order valence-electron chi connectivity index (χ0n) is 8.33. The van der Waals surface area contributed by atoms with Crippen LogP contribution in [0.25, 0.3) is 0 Å². The van der Waals surface area contributed by atoms with E-state index >= 15 is 0 Å². The molecule has 0 aliphatic carbocycles. The second kappa shape index (κ2) is 4.40. The number of aromatic amines is 1. The van der Waals surface area contributed by atoms with Gasteiger partial charge in [-0.05, 0) is 40.2 Å². The van der Waals surface area contributed by atoms with E-state index in [1.54, 1.807) is 36.5 Å². The number of H-pyrrole nitrogens is 1. The van der Waals surface area contributed by atoms with E-state index in [0.717, 1.165) is 4.47 Å². The van der Waals surface area contributed by atoms with Gasteiger partial charge in [-0.3, -0.25) is 4.79 Å². The summed E-state index contributed by atoms with van der Waals surface area (Å²) in [6.07, 6.45) is 1.70. The highest BCUT2D eigenvalue weighted by molar-refractivity contribution is 9.10. The predicted molar refractivity (Wildman–Crippen MR) is 67.3 cm³/mol. The molecule has 2 aromatic rings. The number of hydrogen-bond acceptors (Lipinski definition) is 2. The van der Waals surface area contributed by atoms with Gasteiger partial charge in [-0.15, -0.1) is 0 Å². The van der Waals surface area contributed by atoms with Crippen LogP contribution in [0.5, 0.6) is 0 Å². The van der Waals surface area contributed by atoms with Crippen molar-refractivity contribution >= 4 is 33.2 Å². The smallest absolute Gasteiger partial charge is 0.272 e. The maximum atomic E-state index is 11.7. The maximum Gasteiger partial charge on any atom is 0.272 e. The van der Waals surface area contributed by atoms with Crippen LogP contribution in [0.1, 0.15) is 10.5 Å². The molecule has 0 saturated heterocycles. The highest BCUT2D eigenvalue weighted by Crippen LogP contribution is 2.15. The Labute approximate surface area is 101 Å². The topological polar surface area (TPSA) is 70.9 Å². The predicted octanol–water partition coefficient (Wildman–Crippen LogP) is 2.61. The summed E-state index contributed by atoms with van der Waals surface area (Å²) >= 11 is 3.27. The van der Waals surface area contributed by atoms with Gasteiger partial charge in [-0.1, -0.05) is 6.07 Å². The maximum absolute atomic E-state index is 11.7. The van der Waals surface area contributed by atoms with Crippen molar-refractivity contribution in [2.45, 2.75) is 0 Å². The average Bonchev–Trinajstić information content (AvgIpc) is 2.65. The fourth-order valence-electron chi connectivity index (χ4n) is 1.31. The fraction of sp³-hybridized carbons (Fsp3) is 0. The molecular weight excluding hydrogens is 270 g/mol. The Morgan fingerprint density at radius 3 is 2.81 bits per heavy atom. The van der Waals surface area contributed by atoms with Crippen LogP contribution in [0.15, 0.2) is 41.0 Å². The molecule has 16 heavy (non-hydrogen) atoms. The summed E-state index contributed by atoms with van der Waals surface area (Å²) in [5.41, 5.74) is 7.40. The van der Waals surface area contributed by atoms with Crippen molar-refractivity contribution in [1.82, 2.24) is 4.98 Å². The molecule has 4 nitrogen and oxygen atoms in total. The van der Waals surface area contributed by atoms with Gasteiger partial charge in [0.15, 0.2) is 0 Å². The number of halogens is 1. The van der Waals surface area contributed by atoms with Crippen molar-refractivity contribution in [3.8, 4) is 0 Å². The van der Waals surface area contributed by atoms with Crippen LogP contribution < -0.4 is 11.1 Å². The van der Waals surface area contributed by atoms with Crippen molar-refractivity contribution < 1.29 is 4.79 Å². The molecule has 0 aliphatic rings. The van der Waals surface area contributed by atoms with Crippen molar-refractivity contribution in [2.24, 2.45) is 0 Å². The molecule has 0 aliphatic heterocycles.